The van der Waals surface area contributed by atoms with Gasteiger partial charge in [0.15, 0.2) is 0 Å². The molecular weight excluding hydrogens is 234 g/mol. The van der Waals surface area contributed by atoms with Crippen molar-refractivity contribution in [2.75, 3.05) is 13.3 Å². The molecule has 0 saturated carbocycles. The van der Waals surface area contributed by atoms with Crippen molar-refractivity contribution in [2.24, 2.45) is 0 Å². The number of hydrogen-bond donors (Lipinski definition) is 0. The summed E-state index contributed by atoms with van der Waals surface area (Å²) in [4.78, 5) is 0. The summed E-state index contributed by atoms with van der Waals surface area (Å²) in [7, 11) is -4.38. The van der Waals surface area contributed by atoms with Gasteiger partial charge in [0.2, 0.25) is 0 Å². The van der Waals surface area contributed by atoms with E-state index in [2.05, 4.69) is 9.05 Å². The molecule has 0 fully saturated rings. The molecule has 9 heteroatoms. The Labute approximate surface area is 76.7 Å². The smallest absolute Gasteiger partial charge is 0.309 e. The van der Waals surface area contributed by atoms with Gasteiger partial charge in [-0.3, -0.25) is 4.57 Å². The van der Waals surface area contributed by atoms with Gasteiger partial charge in [0.05, 0.1) is 6.61 Å². The number of alkyl halides is 5. The van der Waals surface area contributed by atoms with Crippen molar-refractivity contribution in [1.82, 2.24) is 0 Å². The van der Waals surface area contributed by atoms with E-state index in [9.17, 15) is 26.5 Å². The molecule has 3 nitrogen and oxygen atoms in total. The Kier molecular flexibility index (Phi) is 4.06. The van der Waals surface area contributed by atoms with Gasteiger partial charge in [0.25, 0.3) is 0 Å². The maximum atomic E-state index is 12.2. The van der Waals surface area contributed by atoms with Gasteiger partial charge in [-0.2, -0.15) is 22.0 Å². The maximum Gasteiger partial charge on any atom is 0.483 e. The van der Waals surface area contributed by atoms with E-state index in [1.807, 2.05) is 0 Å². The summed E-state index contributed by atoms with van der Waals surface area (Å²) < 4.78 is 77.0. The Hall–Kier alpha value is -0.200. The van der Waals surface area contributed by atoms with E-state index in [-0.39, 0.29) is 6.61 Å². The first-order valence-corrected chi connectivity index (χ1v) is 5.38. The van der Waals surface area contributed by atoms with Gasteiger partial charge >= 0.3 is 19.9 Å². The number of hydrogen-bond acceptors (Lipinski definition) is 3. The molecule has 0 aliphatic heterocycles. The highest BCUT2D eigenvalue weighted by atomic mass is 31.2. The minimum atomic E-state index is -5.91. The highest BCUT2D eigenvalue weighted by Gasteiger charge is 2.62. The zero-order chi connectivity index (χ0) is 11.6. The van der Waals surface area contributed by atoms with Gasteiger partial charge in [-0.05, 0) is 6.92 Å². The fraction of sp³-hybridized carbons (Fsp3) is 1.00. The molecule has 1 atom stereocenters. The Morgan fingerprint density at radius 3 is 1.93 bits per heavy atom. The summed E-state index contributed by atoms with van der Waals surface area (Å²) in [5.41, 5.74) is 0. The molecule has 86 valence electrons. The van der Waals surface area contributed by atoms with Crippen LogP contribution < -0.4 is 0 Å². The van der Waals surface area contributed by atoms with Crippen molar-refractivity contribution < 1.29 is 35.6 Å². The van der Waals surface area contributed by atoms with Crippen LogP contribution in [0.4, 0.5) is 22.0 Å². The molecule has 0 aromatic heterocycles. The fourth-order valence-corrected chi connectivity index (χ4v) is 1.56. The van der Waals surface area contributed by atoms with Crippen LogP contribution in [0, 0.1) is 0 Å². The number of halogens is 5. The first-order valence-electron chi connectivity index (χ1n) is 3.39. The summed E-state index contributed by atoms with van der Waals surface area (Å²) in [5, 5.41) is 0. The third-order valence-electron chi connectivity index (χ3n) is 0.974. The summed E-state index contributed by atoms with van der Waals surface area (Å²) in [6.07, 6.45) is -11.4. The molecule has 0 saturated heterocycles. The van der Waals surface area contributed by atoms with Crippen molar-refractivity contribution in [1.29, 1.82) is 0 Å². The third kappa shape index (κ3) is 3.89. The molecule has 0 radical (unpaired) electrons. The van der Waals surface area contributed by atoms with Gasteiger partial charge < -0.3 is 4.52 Å². The molecule has 0 spiro atoms. The van der Waals surface area contributed by atoms with Gasteiger partial charge in [0.1, 0.15) is 0 Å². The minimum Gasteiger partial charge on any atom is -0.309 e. The quantitative estimate of drug-likeness (QED) is 0.561. The van der Waals surface area contributed by atoms with Crippen molar-refractivity contribution in [3.05, 3.63) is 0 Å². The zero-order valence-electron chi connectivity index (χ0n) is 7.27. The van der Waals surface area contributed by atoms with E-state index in [1.165, 1.54) is 6.92 Å². The number of rotatable bonds is 4. The fourth-order valence-electron chi connectivity index (χ4n) is 0.521. The van der Waals surface area contributed by atoms with Crippen LogP contribution in [-0.4, -0.2) is 25.6 Å². The molecule has 0 aromatic carbocycles. The minimum absolute atomic E-state index is 0.290. The van der Waals surface area contributed by atoms with Crippen LogP contribution >= 0.6 is 7.60 Å². The van der Waals surface area contributed by atoms with Crippen LogP contribution in [0.5, 0.6) is 0 Å². The largest absolute Gasteiger partial charge is 0.483 e. The normalized spacial score (nSPS) is 17.9. The third-order valence-corrected chi connectivity index (χ3v) is 2.26. The van der Waals surface area contributed by atoms with E-state index in [1.54, 1.807) is 0 Å². The topological polar surface area (TPSA) is 35.5 Å². The average molecular weight is 242 g/mol. The highest BCUT2D eigenvalue weighted by molar-refractivity contribution is 7.53. The Morgan fingerprint density at radius 2 is 1.64 bits per heavy atom. The van der Waals surface area contributed by atoms with Crippen LogP contribution in [0.1, 0.15) is 6.92 Å². The van der Waals surface area contributed by atoms with E-state index in [0.29, 0.717) is 6.66 Å². The molecule has 14 heavy (non-hydrogen) atoms. The Bertz CT molecular complexity index is 238. The second-order valence-electron chi connectivity index (χ2n) is 2.29. The van der Waals surface area contributed by atoms with Crippen LogP contribution in [0.3, 0.4) is 0 Å². The first-order chi connectivity index (χ1) is 6.02. The second kappa shape index (κ2) is 4.12. The molecule has 0 bridgehead atoms. The van der Waals surface area contributed by atoms with Gasteiger partial charge in [0, 0.05) is 6.66 Å². The van der Waals surface area contributed by atoms with Crippen LogP contribution in [0.15, 0.2) is 0 Å². The summed E-state index contributed by atoms with van der Waals surface area (Å²) >= 11 is 0. The predicted octanol–water partition coefficient (Wildman–Crippen LogP) is 3.02. The van der Waals surface area contributed by atoms with Crippen LogP contribution in [0.2, 0.25) is 0 Å². The van der Waals surface area contributed by atoms with Gasteiger partial charge in [-0.25, -0.2) is 4.52 Å². The van der Waals surface area contributed by atoms with Crippen LogP contribution in [-0.2, 0) is 13.6 Å². The van der Waals surface area contributed by atoms with Crippen molar-refractivity contribution in [3.63, 3.8) is 0 Å². The lowest BCUT2D eigenvalue weighted by molar-refractivity contribution is -0.362. The molecular formula is C5H8F5O3P. The molecule has 0 heterocycles. The summed E-state index contributed by atoms with van der Waals surface area (Å²) in [6.45, 7) is 1.53. The van der Waals surface area contributed by atoms with Crippen molar-refractivity contribution in [2.45, 2.75) is 19.2 Å². The van der Waals surface area contributed by atoms with Gasteiger partial charge in [-0.1, -0.05) is 0 Å². The molecule has 1 unspecified atom stereocenters. The molecule has 0 aliphatic rings. The molecule has 0 rings (SSSR count). The van der Waals surface area contributed by atoms with E-state index in [0.717, 1.165) is 0 Å². The Morgan fingerprint density at radius 1 is 1.21 bits per heavy atom. The highest BCUT2D eigenvalue weighted by Crippen LogP contribution is 2.52. The first kappa shape index (κ1) is 13.8. The molecule has 0 N–H and O–H groups in total. The SMILES string of the molecule is CCOP(C)(=O)OC(F)(F)C(F)(F)F. The molecule has 0 amide bonds. The standard InChI is InChI=1S/C5H8F5O3P/c1-3-12-14(2,11)13-5(9,10)4(6,7)8/h3H2,1-2H3. The van der Waals surface area contributed by atoms with Gasteiger partial charge in [-0.15, -0.1) is 0 Å². The summed E-state index contributed by atoms with van der Waals surface area (Å²) in [5.74, 6) is 0. The maximum absolute atomic E-state index is 12.2. The van der Waals surface area contributed by atoms with Crippen LogP contribution in [0.25, 0.3) is 0 Å². The second-order valence-corrected chi connectivity index (χ2v) is 4.28. The zero-order valence-corrected chi connectivity index (χ0v) is 8.16. The summed E-state index contributed by atoms with van der Waals surface area (Å²) in [6, 6.07) is 0. The molecule has 0 aromatic rings. The lowest BCUT2D eigenvalue weighted by Gasteiger charge is -2.22. The van der Waals surface area contributed by atoms with E-state index in [4.69, 9.17) is 0 Å². The monoisotopic (exact) mass is 242 g/mol. The molecule has 0 aliphatic carbocycles. The van der Waals surface area contributed by atoms with Crippen molar-refractivity contribution in [3.8, 4) is 0 Å². The average Bonchev–Trinajstić information content (AvgIpc) is 1.80. The Balaban J connectivity index is 4.59. The predicted molar refractivity (Wildman–Crippen MR) is 37.2 cm³/mol. The lowest BCUT2D eigenvalue weighted by Crippen LogP contribution is -2.38. The van der Waals surface area contributed by atoms with Crippen molar-refractivity contribution >= 4 is 7.60 Å². The lowest BCUT2D eigenvalue weighted by atomic mass is 10.6. The van der Waals surface area contributed by atoms with E-state index < -0.39 is 19.9 Å². The van der Waals surface area contributed by atoms with E-state index >= 15 is 0 Å².